The van der Waals surface area contributed by atoms with E-state index in [9.17, 15) is 4.39 Å². The summed E-state index contributed by atoms with van der Waals surface area (Å²) in [5.74, 6) is -0.107. The highest BCUT2D eigenvalue weighted by Gasteiger charge is 2.10. The topological polar surface area (TPSA) is 47.2 Å². The van der Waals surface area contributed by atoms with Gasteiger partial charge in [-0.15, -0.1) is 0 Å². The molecule has 1 aromatic carbocycles. The van der Waals surface area contributed by atoms with E-state index in [0.717, 1.165) is 5.56 Å². The van der Waals surface area contributed by atoms with Crippen molar-refractivity contribution < 1.29 is 14.7 Å². The Kier molecular flexibility index (Phi) is 2.38. The van der Waals surface area contributed by atoms with Gasteiger partial charge in [0.25, 0.3) is 0 Å². The molecule has 0 fully saturated rings. The van der Waals surface area contributed by atoms with E-state index in [0.29, 0.717) is 5.75 Å². The van der Waals surface area contributed by atoms with Crippen molar-refractivity contribution >= 4 is 5.69 Å². The summed E-state index contributed by atoms with van der Waals surface area (Å²) in [7, 11) is 1.45. The molecule has 64 valence electrons. The Balaban J connectivity index is 3.33. The van der Waals surface area contributed by atoms with Gasteiger partial charge in [0.05, 0.1) is 7.11 Å². The summed E-state index contributed by atoms with van der Waals surface area (Å²) in [6, 6.07) is 3.03. The van der Waals surface area contributed by atoms with Gasteiger partial charge in [0.1, 0.15) is 0 Å². The van der Waals surface area contributed by atoms with Crippen molar-refractivity contribution in [2.45, 2.75) is 6.92 Å². The predicted octanol–water partition coefficient (Wildman–Crippen LogP) is 0.986. The molecule has 3 nitrogen and oxygen atoms in total. The average molecular weight is 169 g/mol. The van der Waals surface area contributed by atoms with Crippen molar-refractivity contribution in [1.82, 2.24) is 0 Å². The zero-order valence-electron chi connectivity index (χ0n) is 6.97. The van der Waals surface area contributed by atoms with Crippen molar-refractivity contribution in [1.29, 1.82) is 0 Å². The van der Waals surface area contributed by atoms with Gasteiger partial charge in [0.2, 0.25) is 5.69 Å². The van der Waals surface area contributed by atoms with Crippen LogP contribution in [0.25, 0.3) is 0 Å². The molecule has 0 amide bonds. The van der Waals surface area contributed by atoms with Gasteiger partial charge in [-0.05, 0) is 29.7 Å². The molecule has 0 saturated carbocycles. The SMILES string of the molecule is COc1cc(C)cc(F)c1N=[NH2+]. The fraction of sp³-hybridized carbons (Fsp3) is 0.250. The van der Waals surface area contributed by atoms with Crippen LogP contribution in [-0.2, 0) is 0 Å². The number of rotatable bonds is 2. The minimum Gasteiger partial charge on any atom is -0.494 e. The highest BCUT2D eigenvalue weighted by molar-refractivity contribution is 5.53. The number of ether oxygens (including phenoxy) is 1. The van der Waals surface area contributed by atoms with Crippen molar-refractivity contribution in [3.05, 3.63) is 23.5 Å². The second-order valence-corrected chi connectivity index (χ2v) is 2.43. The second-order valence-electron chi connectivity index (χ2n) is 2.43. The second kappa shape index (κ2) is 3.30. The lowest BCUT2D eigenvalue weighted by Crippen LogP contribution is -2.22. The van der Waals surface area contributed by atoms with Crippen LogP contribution >= 0.6 is 0 Å². The van der Waals surface area contributed by atoms with E-state index < -0.39 is 5.82 Å². The van der Waals surface area contributed by atoms with Crippen molar-refractivity contribution in [2.24, 2.45) is 5.11 Å². The molecule has 12 heavy (non-hydrogen) atoms. The van der Waals surface area contributed by atoms with Gasteiger partial charge in [-0.1, -0.05) is 0 Å². The third kappa shape index (κ3) is 1.42. The molecule has 0 saturated heterocycles. The molecular formula is C8H10FN2O+. The molecule has 4 heteroatoms. The minimum atomic E-state index is -0.464. The van der Waals surface area contributed by atoms with Crippen molar-refractivity contribution in [3.63, 3.8) is 0 Å². The van der Waals surface area contributed by atoms with E-state index in [2.05, 4.69) is 5.11 Å². The first kappa shape index (κ1) is 8.64. The maximum Gasteiger partial charge on any atom is 0.207 e. The number of hydrogen-bond donors (Lipinski definition) is 1. The Bertz CT molecular complexity index is 312. The number of nitrogens with two attached hydrogens (primary N) is 1. The molecule has 1 rings (SSSR count). The smallest absolute Gasteiger partial charge is 0.207 e. The molecule has 0 atom stereocenters. The Labute approximate surface area is 69.7 Å². The molecule has 0 bridgehead atoms. The summed E-state index contributed by atoms with van der Waals surface area (Å²) >= 11 is 0. The fourth-order valence-electron chi connectivity index (χ4n) is 0.984. The third-order valence-electron chi connectivity index (χ3n) is 1.52. The van der Waals surface area contributed by atoms with E-state index >= 15 is 0 Å². The summed E-state index contributed by atoms with van der Waals surface area (Å²) in [5.41, 5.74) is 5.82. The largest absolute Gasteiger partial charge is 0.494 e. The van der Waals surface area contributed by atoms with Crippen LogP contribution in [0, 0.1) is 12.7 Å². The average Bonchev–Trinajstić information content (AvgIpc) is 2.03. The van der Waals surface area contributed by atoms with Gasteiger partial charge < -0.3 is 4.74 Å². The lowest BCUT2D eigenvalue weighted by molar-refractivity contribution is -0.210. The van der Waals surface area contributed by atoms with Crippen LogP contribution in [0.15, 0.2) is 17.2 Å². The summed E-state index contributed by atoms with van der Waals surface area (Å²) in [6.45, 7) is 1.77. The van der Waals surface area contributed by atoms with Gasteiger partial charge >= 0.3 is 0 Å². The van der Waals surface area contributed by atoms with Crippen LogP contribution in [0.3, 0.4) is 0 Å². The standard InChI is InChI=1S/C8H9FN2O/c1-5-3-6(9)8(11-10)7(4-5)12-2/h3-4,10H,1-2H3/p+1. The molecule has 0 aliphatic heterocycles. The van der Waals surface area contributed by atoms with Crippen molar-refractivity contribution in [3.8, 4) is 5.75 Å². The van der Waals surface area contributed by atoms with E-state index in [4.69, 9.17) is 10.3 Å². The van der Waals surface area contributed by atoms with Gasteiger partial charge in [-0.3, -0.25) is 0 Å². The summed E-state index contributed by atoms with van der Waals surface area (Å²) in [4.78, 5) is 0. The van der Waals surface area contributed by atoms with Gasteiger partial charge in [0.15, 0.2) is 11.6 Å². The first-order valence-corrected chi connectivity index (χ1v) is 3.44. The van der Waals surface area contributed by atoms with Crippen LogP contribution in [-0.4, -0.2) is 7.11 Å². The third-order valence-corrected chi connectivity index (χ3v) is 1.52. The highest BCUT2D eigenvalue weighted by Crippen LogP contribution is 2.30. The Morgan fingerprint density at radius 2 is 2.17 bits per heavy atom. The zero-order valence-corrected chi connectivity index (χ0v) is 6.97. The fourth-order valence-corrected chi connectivity index (χ4v) is 0.984. The van der Waals surface area contributed by atoms with Crippen LogP contribution in [0.5, 0.6) is 5.75 Å². The molecule has 2 N–H and O–H groups in total. The number of methoxy groups -OCH3 is 1. The Morgan fingerprint density at radius 3 is 2.67 bits per heavy atom. The van der Waals surface area contributed by atoms with E-state index in [-0.39, 0.29) is 5.69 Å². The Morgan fingerprint density at radius 1 is 1.50 bits per heavy atom. The van der Waals surface area contributed by atoms with Gasteiger partial charge in [0, 0.05) is 0 Å². The normalized spacial score (nSPS) is 9.58. The number of benzene rings is 1. The molecule has 1 aromatic rings. The molecule has 0 unspecified atom stereocenters. The van der Waals surface area contributed by atoms with E-state index in [1.165, 1.54) is 13.2 Å². The Hall–Kier alpha value is -1.45. The van der Waals surface area contributed by atoms with Gasteiger partial charge in [-0.25, -0.2) is 4.39 Å². The molecule has 0 radical (unpaired) electrons. The lowest BCUT2D eigenvalue weighted by atomic mass is 10.2. The highest BCUT2D eigenvalue weighted by atomic mass is 19.1. The van der Waals surface area contributed by atoms with E-state index in [1.54, 1.807) is 13.0 Å². The minimum absolute atomic E-state index is 0.0584. The maximum absolute atomic E-state index is 13.0. The number of hydrogen-bond acceptors (Lipinski definition) is 2. The van der Waals surface area contributed by atoms with E-state index in [1.807, 2.05) is 0 Å². The number of aryl methyl sites for hydroxylation is 1. The quantitative estimate of drug-likeness (QED) is 0.659. The molecule has 0 aliphatic rings. The molecule has 0 spiro atoms. The van der Waals surface area contributed by atoms with Gasteiger partial charge in [-0.2, -0.15) is 5.53 Å². The molecule has 0 heterocycles. The predicted molar refractivity (Wildman–Crippen MR) is 41.7 cm³/mol. The lowest BCUT2D eigenvalue weighted by Gasteiger charge is -2.03. The molecule has 0 aliphatic carbocycles. The van der Waals surface area contributed by atoms with Crippen LogP contribution < -0.4 is 10.3 Å². The zero-order chi connectivity index (χ0) is 9.14. The van der Waals surface area contributed by atoms with Crippen LogP contribution in [0.1, 0.15) is 5.56 Å². The number of halogens is 1. The summed E-state index contributed by atoms with van der Waals surface area (Å²) in [6.07, 6.45) is 0. The molecule has 0 aromatic heterocycles. The first-order valence-electron chi connectivity index (χ1n) is 3.44. The van der Waals surface area contributed by atoms with Crippen LogP contribution in [0.2, 0.25) is 0 Å². The van der Waals surface area contributed by atoms with Crippen LogP contribution in [0.4, 0.5) is 10.1 Å². The number of nitrogens with zero attached hydrogens (tertiary/aromatic N) is 1. The first-order chi connectivity index (χ1) is 5.69. The maximum atomic E-state index is 13.0. The summed E-state index contributed by atoms with van der Waals surface area (Å²) in [5, 5.41) is 3.28. The summed E-state index contributed by atoms with van der Waals surface area (Å²) < 4.78 is 17.9. The van der Waals surface area contributed by atoms with Crippen molar-refractivity contribution in [2.75, 3.05) is 7.11 Å². The monoisotopic (exact) mass is 169 g/mol. The molecular weight excluding hydrogens is 159 g/mol.